The van der Waals surface area contributed by atoms with Crippen molar-refractivity contribution in [2.75, 3.05) is 6.61 Å². The van der Waals surface area contributed by atoms with Crippen molar-refractivity contribution in [3.63, 3.8) is 0 Å². The van der Waals surface area contributed by atoms with Crippen LogP contribution in [0, 0.1) is 0 Å². The molecule has 0 unspecified atom stereocenters. The minimum absolute atomic E-state index is 0.497. The van der Waals surface area contributed by atoms with Gasteiger partial charge in [-0.25, -0.2) is 4.89 Å². The number of carboxylic acid groups (broad SMARTS) is 1. The van der Waals surface area contributed by atoms with Gasteiger partial charge in [0, 0.05) is 6.92 Å². The van der Waals surface area contributed by atoms with E-state index in [9.17, 15) is 0 Å². The summed E-state index contributed by atoms with van der Waals surface area (Å²) in [5, 5.41) is 15.5. The number of hydrogen-bond acceptors (Lipinski definition) is 3. The summed E-state index contributed by atoms with van der Waals surface area (Å²) in [5.74, 6) is -0.833. The average molecular weight is 290 g/mol. The van der Waals surface area contributed by atoms with Crippen molar-refractivity contribution in [1.82, 2.24) is 0 Å². The topological polar surface area (TPSA) is 66.8 Å². The number of rotatable bonds is 13. The zero-order chi connectivity index (χ0) is 15.5. The molecule has 4 heteroatoms. The van der Waals surface area contributed by atoms with Crippen LogP contribution in [-0.2, 0) is 9.68 Å². The van der Waals surface area contributed by atoms with Crippen molar-refractivity contribution in [1.29, 1.82) is 0 Å². The number of carboxylic acids is 1. The molecule has 20 heavy (non-hydrogen) atoms. The number of aliphatic carboxylic acids is 1. The lowest BCUT2D eigenvalue weighted by atomic mass is 10.1. The SMILES string of the molecule is CC(=O)O.CCCCCCCCCCCCCCOO. The van der Waals surface area contributed by atoms with Crippen molar-refractivity contribution in [2.45, 2.75) is 90.9 Å². The van der Waals surface area contributed by atoms with Gasteiger partial charge in [-0.05, 0) is 6.42 Å². The normalized spacial score (nSPS) is 9.95. The molecule has 4 nitrogen and oxygen atoms in total. The zero-order valence-corrected chi connectivity index (χ0v) is 13.4. The van der Waals surface area contributed by atoms with Gasteiger partial charge in [0.05, 0.1) is 6.61 Å². The molecule has 0 aromatic heterocycles. The van der Waals surface area contributed by atoms with Gasteiger partial charge in [0.15, 0.2) is 0 Å². The van der Waals surface area contributed by atoms with Crippen LogP contribution in [0.4, 0.5) is 0 Å². The van der Waals surface area contributed by atoms with Crippen molar-refractivity contribution in [2.24, 2.45) is 0 Å². The summed E-state index contributed by atoms with van der Waals surface area (Å²) in [6, 6.07) is 0. The van der Waals surface area contributed by atoms with Crippen molar-refractivity contribution in [3.8, 4) is 0 Å². The lowest BCUT2D eigenvalue weighted by molar-refractivity contribution is -0.242. The third-order valence-electron chi connectivity index (χ3n) is 3.09. The van der Waals surface area contributed by atoms with E-state index in [1.54, 1.807) is 0 Å². The molecule has 0 aliphatic rings. The molecule has 2 N–H and O–H groups in total. The van der Waals surface area contributed by atoms with E-state index >= 15 is 0 Å². The number of hydrogen-bond donors (Lipinski definition) is 2. The molecule has 0 bridgehead atoms. The van der Waals surface area contributed by atoms with Crippen LogP contribution >= 0.6 is 0 Å². The molecule has 0 saturated carbocycles. The molecule has 0 aromatic carbocycles. The van der Waals surface area contributed by atoms with Crippen LogP contribution in [-0.4, -0.2) is 22.9 Å². The van der Waals surface area contributed by atoms with Gasteiger partial charge in [-0.15, -0.1) is 0 Å². The van der Waals surface area contributed by atoms with Crippen molar-refractivity contribution in [3.05, 3.63) is 0 Å². The molecule has 0 saturated heterocycles. The molecule has 122 valence electrons. The monoisotopic (exact) mass is 290 g/mol. The maximum absolute atomic E-state index is 9.00. The summed E-state index contributed by atoms with van der Waals surface area (Å²) in [4.78, 5) is 13.0. The molecule has 0 radical (unpaired) electrons. The first-order valence-corrected chi connectivity index (χ1v) is 8.11. The Morgan fingerprint density at radius 1 is 0.800 bits per heavy atom. The summed E-state index contributed by atoms with van der Waals surface area (Å²) in [6.07, 6.45) is 16.1. The van der Waals surface area contributed by atoms with Gasteiger partial charge in [0.2, 0.25) is 0 Å². The van der Waals surface area contributed by atoms with Crippen LogP contribution in [0.1, 0.15) is 90.9 Å². The second kappa shape index (κ2) is 20.7. The van der Waals surface area contributed by atoms with E-state index in [2.05, 4.69) is 11.8 Å². The summed E-state index contributed by atoms with van der Waals surface area (Å²) < 4.78 is 0. The molecular formula is C16H34O4. The molecule has 0 atom stereocenters. The van der Waals surface area contributed by atoms with E-state index in [-0.39, 0.29) is 0 Å². The lowest BCUT2D eigenvalue weighted by Gasteiger charge is -2.02. The molecule has 0 aliphatic carbocycles. The van der Waals surface area contributed by atoms with E-state index in [0.717, 1.165) is 13.3 Å². The minimum Gasteiger partial charge on any atom is -0.481 e. The van der Waals surface area contributed by atoms with Gasteiger partial charge < -0.3 is 5.11 Å². The highest BCUT2D eigenvalue weighted by atomic mass is 17.1. The first-order chi connectivity index (χ1) is 9.65. The molecule has 0 aliphatic heterocycles. The van der Waals surface area contributed by atoms with E-state index in [4.69, 9.17) is 15.2 Å². The van der Waals surface area contributed by atoms with Crippen molar-refractivity contribution >= 4 is 5.97 Å². The maximum Gasteiger partial charge on any atom is 0.300 e. The summed E-state index contributed by atoms with van der Waals surface area (Å²) in [7, 11) is 0. The second-order valence-corrected chi connectivity index (χ2v) is 5.24. The number of unbranched alkanes of at least 4 members (excludes halogenated alkanes) is 11. The predicted octanol–water partition coefficient (Wildman–Crippen LogP) is 5.27. The molecule has 0 aromatic rings. The Morgan fingerprint density at radius 3 is 1.40 bits per heavy atom. The van der Waals surface area contributed by atoms with Gasteiger partial charge in [-0.1, -0.05) is 77.6 Å². The lowest BCUT2D eigenvalue weighted by Crippen LogP contribution is -1.88. The first-order valence-electron chi connectivity index (χ1n) is 8.11. The van der Waals surface area contributed by atoms with Crippen LogP contribution in [0.2, 0.25) is 0 Å². The van der Waals surface area contributed by atoms with Gasteiger partial charge in [-0.3, -0.25) is 10.1 Å². The van der Waals surface area contributed by atoms with Gasteiger partial charge in [0.25, 0.3) is 5.97 Å². The predicted molar refractivity (Wildman–Crippen MR) is 83.0 cm³/mol. The molecule has 0 amide bonds. The Morgan fingerprint density at radius 2 is 1.10 bits per heavy atom. The summed E-state index contributed by atoms with van der Waals surface area (Å²) in [5.41, 5.74) is 0. The highest BCUT2D eigenvalue weighted by molar-refractivity contribution is 5.62. The van der Waals surface area contributed by atoms with Gasteiger partial charge >= 0.3 is 0 Å². The Kier molecular flexibility index (Phi) is 22.4. The second-order valence-electron chi connectivity index (χ2n) is 5.24. The third-order valence-corrected chi connectivity index (χ3v) is 3.09. The highest BCUT2D eigenvalue weighted by Gasteiger charge is 1.93. The van der Waals surface area contributed by atoms with Crippen LogP contribution < -0.4 is 0 Å². The molecule has 0 fully saturated rings. The fourth-order valence-electron chi connectivity index (χ4n) is 2.01. The number of carbonyl (C=O) groups is 1. The Hall–Kier alpha value is -0.610. The average Bonchev–Trinajstić information content (AvgIpc) is 2.39. The summed E-state index contributed by atoms with van der Waals surface area (Å²) >= 11 is 0. The minimum atomic E-state index is -0.833. The van der Waals surface area contributed by atoms with E-state index in [1.807, 2.05) is 0 Å². The van der Waals surface area contributed by atoms with Crippen LogP contribution in [0.3, 0.4) is 0 Å². The Labute approximate surface area is 124 Å². The van der Waals surface area contributed by atoms with Crippen molar-refractivity contribution < 1.29 is 20.0 Å². The highest BCUT2D eigenvalue weighted by Crippen LogP contribution is 2.11. The fraction of sp³-hybridized carbons (Fsp3) is 0.938. The van der Waals surface area contributed by atoms with Gasteiger partial charge in [-0.2, -0.15) is 0 Å². The summed E-state index contributed by atoms with van der Waals surface area (Å²) in [6.45, 7) is 3.85. The molecule has 0 heterocycles. The third kappa shape index (κ3) is 30.4. The smallest absolute Gasteiger partial charge is 0.300 e. The van der Waals surface area contributed by atoms with E-state index in [0.29, 0.717) is 6.61 Å². The van der Waals surface area contributed by atoms with E-state index < -0.39 is 5.97 Å². The fourth-order valence-corrected chi connectivity index (χ4v) is 2.01. The van der Waals surface area contributed by atoms with Crippen LogP contribution in [0.25, 0.3) is 0 Å². The van der Waals surface area contributed by atoms with E-state index in [1.165, 1.54) is 70.6 Å². The quantitative estimate of drug-likeness (QED) is 0.275. The van der Waals surface area contributed by atoms with Crippen LogP contribution in [0.5, 0.6) is 0 Å². The maximum atomic E-state index is 9.00. The molecule has 0 rings (SSSR count). The molecular weight excluding hydrogens is 256 g/mol. The van der Waals surface area contributed by atoms with Crippen LogP contribution in [0.15, 0.2) is 0 Å². The van der Waals surface area contributed by atoms with Gasteiger partial charge in [0.1, 0.15) is 0 Å². The standard InChI is InChI=1S/C14H30O2.C2H4O2/c1-2-3-4-5-6-7-8-9-10-11-12-13-14-16-15;1-2(3)4/h15H,2-14H2,1H3;1H3,(H,3,4). The molecule has 0 spiro atoms. The first kappa shape index (κ1) is 21.7. The Bertz CT molecular complexity index is 165. The largest absolute Gasteiger partial charge is 0.481 e. The Balaban J connectivity index is 0. The zero-order valence-electron chi connectivity index (χ0n) is 13.4.